The number of aromatic nitrogens is 1. The second kappa shape index (κ2) is 11.1. The molecule has 0 amide bonds. The fourth-order valence-corrected chi connectivity index (χ4v) is 3.77. The highest BCUT2D eigenvalue weighted by atomic mass is 16.6. The molecule has 1 unspecified atom stereocenters. The predicted octanol–water partition coefficient (Wildman–Crippen LogP) is 2.80. The van der Waals surface area contributed by atoms with E-state index in [2.05, 4.69) is 10.3 Å². The lowest BCUT2D eigenvalue weighted by molar-refractivity contribution is -0.385. The second-order valence-electron chi connectivity index (χ2n) is 7.46. The van der Waals surface area contributed by atoms with E-state index < -0.39 is 28.7 Å². The summed E-state index contributed by atoms with van der Waals surface area (Å²) < 4.78 is 15.3. The van der Waals surface area contributed by atoms with Crippen LogP contribution in [0.25, 0.3) is 0 Å². The van der Waals surface area contributed by atoms with Crippen molar-refractivity contribution in [3.63, 3.8) is 0 Å². The van der Waals surface area contributed by atoms with Crippen LogP contribution < -0.4 is 5.32 Å². The largest absolute Gasteiger partial charge is 0.466 e. The van der Waals surface area contributed by atoms with E-state index in [9.17, 15) is 24.5 Å². The topological polar surface area (TPSA) is 147 Å². The van der Waals surface area contributed by atoms with Crippen molar-refractivity contribution in [1.29, 1.82) is 0 Å². The van der Waals surface area contributed by atoms with E-state index in [1.807, 2.05) is 0 Å². The van der Waals surface area contributed by atoms with Gasteiger partial charge in [-0.1, -0.05) is 18.2 Å². The molecule has 0 saturated carbocycles. The number of rotatable bonds is 8. The van der Waals surface area contributed by atoms with Gasteiger partial charge in [0.05, 0.1) is 34.7 Å². The molecule has 35 heavy (non-hydrogen) atoms. The molecule has 1 aromatic heterocycles. The third-order valence-electron chi connectivity index (χ3n) is 5.28. The second-order valence-corrected chi connectivity index (χ2v) is 7.46. The summed E-state index contributed by atoms with van der Waals surface area (Å²) in [6.07, 6.45) is 2.86. The van der Waals surface area contributed by atoms with Gasteiger partial charge in [-0.25, -0.2) is 14.4 Å². The number of nitro groups is 1. The van der Waals surface area contributed by atoms with Crippen molar-refractivity contribution < 1.29 is 33.5 Å². The number of carbonyl (C=O) groups excluding carboxylic acids is 3. The number of dihydropyridines is 1. The number of hydrogen-bond acceptors (Lipinski definition) is 10. The summed E-state index contributed by atoms with van der Waals surface area (Å²) >= 11 is 0. The van der Waals surface area contributed by atoms with Crippen molar-refractivity contribution in [3.05, 3.63) is 92.6 Å². The Bertz CT molecular complexity index is 1220. The molecule has 182 valence electrons. The molecular formula is C24H23N3O8. The van der Waals surface area contributed by atoms with Crippen molar-refractivity contribution in [2.24, 2.45) is 0 Å². The Balaban J connectivity index is 1.86. The third kappa shape index (κ3) is 5.52. The van der Waals surface area contributed by atoms with E-state index in [1.54, 1.807) is 26.0 Å². The van der Waals surface area contributed by atoms with E-state index in [-0.39, 0.29) is 41.2 Å². The molecule has 0 fully saturated rings. The van der Waals surface area contributed by atoms with Gasteiger partial charge in [-0.3, -0.25) is 15.1 Å². The predicted molar refractivity (Wildman–Crippen MR) is 122 cm³/mol. The molecule has 2 aromatic rings. The van der Waals surface area contributed by atoms with E-state index >= 15 is 0 Å². The van der Waals surface area contributed by atoms with Crippen molar-refractivity contribution >= 4 is 23.6 Å². The maximum atomic E-state index is 13.1. The first kappa shape index (κ1) is 25.1. The Morgan fingerprint density at radius 1 is 0.971 bits per heavy atom. The van der Waals surface area contributed by atoms with Crippen molar-refractivity contribution in [1.82, 2.24) is 10.3 Å². The number of para-hydroxylation sites is 1. The molecule has 2 heterocycles. The van der Waals surface area contributed by atoms with Crippen LogP contribution in [0.2, 0.25) is 0 Å². The van der Waals surface area contributed by atoms with Crippen LogP contribution in [0.4, 0.5) is 5.69 Å². The average Bonchev–Trinajstić information content (AvgIpc) is 2.85. The molecule has 0 radical (unpaired) electrons. The van der Waals surface area contributed by atoms with Gasteiger partial charge in [0.15, 0.2) is 0 Å². The molecule has 11 nitrogen and oxygen atoms in total. The molecule has 1 aromatic carbocycles. The van der Waals surface area contributed by atoms with Crippen LogP contribution in [0.15, 0.2) is 71.3 Å². The molecule has 1 aliphatic heterocycles. The van der Waals surface area contributed by atoms with Gasteiger partial charge >= 0.3 is 17.9 Å². The van der Waals surface area contributed by atoms with Gasteiger partial charge in [-0.15, -0.1) is 0 Å². The summed E-state index contributed by atoms with van der Waals surface area (Å²) in [6, 6.07) is 8.94. The van der Waals surface area contributed by atoms with Crippen LogP contribution in [0, 0.1) is 10.1 Å². The molecule has 1 aliphatic rings. The normalized spacial score (nSPS) is 15.2. The average molecular weight is 481 g/mol. The molecule has 11 heteroatoms. The zero-order valence-electron chi connectivity index (χ0n) is 19.3. The lowest BCUT2D eigenvalue weighted by Crippen LogP contribution is -2.33. The minimum atomic E-state index is -1.12. The number of nitrogens with one attached hydrogen (secondary N) is 1. The Labute approximate surface area is 200 Å². The highest BCUT2D eigenvalue weighted by molar-refractivity contribution is 6.00. The maximum Gasteiger partial charge on any atom is 0.339 e. The lowest BCUT2D eigenvalue weighted by Gasteiger charge is -2.30. The van der Waals surface area contributed by atoms with Gasteiger partial charge in [0.2, 0.25) is 0 Å². The standard InChI is InChI=1S/C24H23N3O8/c1-14-19(23(29)33-3)21(17-8-4-5-9-18(17)27(31)32)20(15(2)26-14)24(30)35-12-11-34-22(28)16-7-6-10-25-13-16/h4-10,13,21,26H,11-12H2,1-3H3. The first-order valence-electron chi connectivity index (χ1n) is 10.5. The van der Waals surface area contributed by atoms with Gasteiger partial charge in [0.25, 0.3) is 5.69 Å². The first-order chi connectivity index (χ1) is 16.8. The number of benzene rings is 1. The van der Waals surface area contributed by atoms with Crippen LogP contribution in [-0.2, 0) is 23.8 Å². The number of carbonyl (C=O) groups is 3. The number of allylic oxidation sites excluding steroid dienone is 2. The third-order valence-corrected chi connectivity index (χ3v) is 5.28. The van der Waals surface area contributed by atoms with Crippen LogP contribution in [0.1, 0.15) is 35.7 Å². The summed E-state index contributed by atoms with van der Waals surface area (Å²) in [7, 11) is 1.18. The van der Waals surface area contributed by atoms with E-state index in [0.717, 1.165) is 0 Å². The monoisotopic (exact) mass is 481 g/mol. The van der Waals surface area contributed by atoms with Crippen molar-refractivity contribution in [3.8, 4) is 0 Å². The highest BCUT2D eigenvalue weighted by Crippen LogP contribution is 2.42. The Morgan fingerprint density at radius 3 is 2.20 bits per heavy atom. The van der Waals surface area contributed by atoms with Gasteiger partial charge in [-0.2, -0.15) is 0 Å². The quantitative estimate of drug-likeness (QED) is 0.196. The highest BCUT2D eigenvalue weighted by Gasteiger charge is 2.40. The molecule has 1 N–H and O–H groups in total. The fourth-order valence-electron chi connectivity index (χ4n) is 3.77. The summed E-state index contributed by atoms with van der Waals surface area (Å²) in [5.41, 5.74) is 0.903. The summed E-state index contributed by atoms with van der Waals surface area (Å²) in [6.45, 7) is 2.70. The number of esters is 3. The minimum Gasteiger partial charge on any atom is -0.466 e. The van der Waals surface area contributed by atoms with Gasteiger partial charge in [-0.05, 0) is 26.0 Å². The fraction of sp³-hybridized carbons (Fsp3) is 0.250. The van der Waals surface area contributed by atoms with Gasteiger partial charge < -0.3 is 19.5 Å². The van der Waals surface area contributed by atoms with Crippen LogP contribution >= 0.6 is 0 Å². The van der Waals surface area contributed by atoms with Crippen LogP contribution in [-0.4, -0.2) is 48.1 Å². The number of ether oxygens (including phenoxy) is 3. The molecule has 3 rings (SSSR count). The number of pyridine rings is 1. The summed E-state index contributed by atoms with van der Waals surface area (Å²) in [5, 5.41) is 14.7. The molecule has 1 atom stereocenters. The summed E-state index contributed by atoms with van der Waals surface area (Å²) in [5.74, 6) is -3.32. The van der Waals surface area contributed by atoms with E-state index in [0.29, 0.717) is 11.4 Å². The maximum absolute atomic E-state index is 13.1. The van der Waals surface area contributed by atoms with Crippen molar-refractivity contribution in [2.45, 2.75) is 19.8 Å². The SMILES string of the molecule is COC(=O)C1=C(C)NC(C)=C(C(=O)OCCOC(=O)c2cccnc2)C1c1ccccc1[N+](=O)[O-]. The Kier molecular flexibility index (Phi) is 7.92. The van der Waals surface area contributed by atoms with Crippen LogP contribution in [0.3, 0.4) is 0 Å². The van der Waals surface area contributed by atoms with Crippen LogP contribution in [0.5, 0.6) is 0 Å². The number of nitro benzene ring substituents is 1. The molecule has 0 saturated heterocycles. The number of hydrogen-bond donors (Lipinski definition) is 1. The number of nitrogens with zero attached hydrogens (tertiary/aromatic N) is 2. The summed E-state index contributed by atoms with van der Waals surface area (Å²) in [4.78, 5) is 52.8. The minimum absolute atomic E-state index is 0.00360. The zero-order chi connectivity index (χ0) is 25.5. The number of methoxy groups -OCH3 is 1. The molecule has 0 bridgehead atoms. The lowest BCUT2D eigenvalue weighted by atomic mass is 9.79. The van der Waals surface area contributed by atoms with Gasteiger partial charge in [0.1, 0.15) is 13.2 Å². The molecule has 0 aliphatic carbocycles. The van der Waals surface area contributed by atoms with E-state index in [1.165, 1.54) is 43.8 Å². The molecular weight excluding hydrogens is 458 g/mol. The first-order valence-corrected chi connectivity index (χ1v) is 10.5. The Hall–Kier alpha value is -4.54. The zero-order valence-corrected chi connectivity index (χ0v) is 19.3. The Morgan fingerprint density at radius 2 is 1.60 bits per heavy atom. The van der Waals surface area contributed by atoms with Crippen molar-refractivity contribution in [2.75, 3.05) is 20.3 Å². The van der Waals surface area contributed by atoms with Gasteiger partial charge in [0, 0.05) is 35.4 Å². The van der Waals surface area contributed by atoms with E-state index in [4.69, 9.17) is 14.2 Å². The smallest absolute Gasteiger partial charge is 0.339 e. The molecule has 0 spiro atoms.